The van der Waals surface area contributed by atoms with Crippen LogP contribution in [-0.2, 0) is 19.1 Å². The molecule has 0 aromatic carbocycles. The van der Waals surface area contributed by atoms with Gasteiger partial charge >= 0.3 is 11.9 Å². The fourth-order valence-corrected chi connectivity index (χ4v) is 1.21. The van der Waals surface area contributed by atoms with E-state index in [0.29, 0.717) is 0 Å². The topological polar surface area (TPSA) is 124 Å². The van der Waals surface area contributed by atoms with Gasteiger partial charge in [0.2, 0.25) is 0 Å². The third-order valence-corrected chi connectivity index (χ3v) is 2.30. The van der Waals surface area contributed by atoms with Crippen molar-refractivity contribution in [1.82, 2.24) is 10.6 Å². The van der Waals surface area contributed by atoms with E-state index in [2.05, 4.69) is 20.1 Å². The van der Waals surface area contributed by atoms with Crippen molar-refractivity contribution >= 4 is 23.8 Å². The highest BCUT2D eigenvalue weighted by atomic mass is 16.5. The zero-order valence-corrected chi connectivity index (χ0v) is 11.4. The van der Waals surface area contributed by atoms with Crippen LogP contribution in [0.4, 0.5) is 0 Å². The molecular weight excluding hydrogens is 284 g/mol. The van der Waals surface area contributed by atoms with Gasteiger partial charge in [0.05, 0.1) is 14.2 Å². The van der Waals surface area contributed by atoms with Gasteiger partial charge < -0.3 is 24.5 Å². The molecule has 0 bridgehead atoms. The summed E-state index contributed by atoms with van der Waals surface area (Å²) in [5, 5.41) is 4.50. The van der Waals surface area contributed by atoms with Gasteiger partial charge in [-0.2, -0.15) is 0 Å². The fraction of sp³-hybridized carbons (Fsp3) is 0.333. The predicted molar refractivity (Wildman–Crippen MR) is 67.4 cm³/mol. The molecule has 2 N–H and O–H groups in total. The van der Waals surface area contributed by atoms with Gasteiger partial charge in [-0.15, -0.1) is 0 Å². The lowest BCUT2D eigenvalue weighted by Gasteiger charge is -2.02. The maximum Gasteiger partial charge on any atom is 0.325 e. The molecule has 9 heteroatoms. The lowest BCUT2D eigenvalue weighted by molar-refractivity contribution is -0.140. The van der Waals surface area contributed by atoms with Gasteiger partial charge in [-0.05, 0) is 12.1 Å². The number of methoxy groups -OCH3 is 2. The first-order valence-electron chi connectivity index (χ1n) is 5.77. The summed E-state index contributed by atoms with van der Waals surface area (Å²) >= 11 is 0. The molecule has 0 aliphatic heterocycles. The van der Waals surface area contributed by atoms with Gasteiger partial charge in [-0.3, -0.25) is 19.2 Å². The summed E-state index contributed by atoms with van der Waals surface area (Å²) < 4.78 is 13.7. The molecule has 114 valence electrons. The van der Waals surface area contributed by atoms with Crippen molar-refractivity contribution in [3.05, 3.63) is 23.7 Å². The minimum absolute atomic E-state index is 0.151. The number of rotatable bonds is 6. The summed E-state index contributed by atoms with van der Waals surface area (Å²) in [4.78, 5) is 44.9. The molecule has 0 spiro atoms. The molecule has 0 aliphatic carbocycles. The van der Waals surface area contributed by atoms with Crippen LogP contribution in [-0.4, -0.2) is 51.1 Å². The number of hydrogen-bond acceptors (Lipinski definition) is 7. The highest BCUT2D eigenvalue weighted by molar-refractivity contribution is 5.97. The van der Waals surface area contributed by atoms with Crippen LogP contribution >= 0.6 is 0 Å². The molecule has 0 radical (unpaired) electrons. The van der Waals surface area contributed by atoms with E-state index < -0.39 is 23.8 Å². The molecule has 0 aliphatic rings. The molecule has 9 nitrogen and oxygen atoms in total. The maximum absolute atomic E-state index is 11.6. The second kappa shape index (κ2) is 7.68. The average Bonchev–Trinajstić information content (AvgIpc) is 2.99. The monoisotopic (exact) mass is 298 g/mol. The molecule has 0 fully saturated rings. The van der Waals surface area contributed by atoms with Gasteiger partial charge in [-0.1, -0.05) is 0 Å². The van der Waals surface area contributed by atoms with Crippen LogP contribution < -0.4 is 10.6 Å². The van der Waals surface area contributed by atoms with Crippen LogP contribution in [0.15, 0.2) is 16.5 Å². The Labute approximate surface area is 119 Å². The first-order chi connectivity index (χ1) is 9.97. The second-order valence-electron chi connectivity index (χ2n) is 3.68. The summed E-state index contributed by atoms with van der Waals surface area (Å²) in [7, 11) is 2.37. The summed E-state index contributed by atoms with van der Waals surface area (Å²) in [5.74, 6) is -2.89. The fourth-order valence-electron chi connectivity index (χ4n) is 1.21. The lowest BCUT2D eigenvalue weighted by Crippen LogP contribution is -2.30. The predicted octanol–water partition coefficient (Wildman–Crippen LogP) is -0.915. The van der Waals surface area contributed by atoms with Crippen molar-refractivity contribution in [2.45, 2.75) is 0 Å². The van der Waals surface area contributed by atoms with Crippen molar-refractivity contribution in [2.24, 2.45) is 0 Å². The minimum atomic E-state index is -0.674. The second-order valence-corrected chi connectivity index (χ2v) is 3.68. The number of furan rings is 1. The first-order valence-corrected chi connectivity index (χ1v) is 5.77. The van der Waals surface area contributed by atoms with E-state index in [1.807, 2.05) is 0 Å². The largest absolute Gasteiger partial charge is 0.468 e. The SMILES string of the molecule is COC(=O)CNC(=O)c1ccc(C(=O)NCC(=O)OC)o1. The van der Waals surface area contributed by atoms with Crippen LogP contribution in [0, 0.1) is 0 Å². The summed E-state index contributed by atoms with van der Waals surface area (Å²) in [6.07, 6.45) is 0. The highest BCUT2D eigenvalue weighted by Gasteiger charge is 2.17. The molecule has 0 unspecified atom stereocenters. The molecule has 21 heavy (non-hydrogen) atoms. The number of esters is 2. The van der Waals surface area contributed by atoms with Crippen molar-refractivity contribution in [3.8, 4) is 0 Å². The van der Waals surface area contributed by atoms with Crippen molar-refractivity contribution in [3.63, 3.8) is 0 Å². The van der Waals surface area contributed by atoms with Gasteiger partial charge in [0.1, 0.15) is 13.1 Å². The normalized spacial score (nSPS) is 9.62. The summed E-state index contributed by atoms with van der Waals surface area (Å²) in [6, 6.07) is 2.53. The minimum Gasteiger partial charge on any atom is -0.468 e. The number of carbonyl (C=O) groups is 4. The molecule has 0 atom stereocenters. The van der Waals surface area contributed by atoms with Crippen molar-refractivity contribution < 1.29 is 33.1 Å². The first kappa shape index (κ1) is 16.2. The van der Waals surface area contributed by atoms with Crippen LogP contribution in [0.5, 0.6) is 0 Å². The average molecular weight is 298 g/mol. The number of ether oxygens (including phenoxy) is 2. The van der Waals surface area contributed by atoms with Crippen LogP contribution in [0.3, 0.4) is 0 Å². The molecule has 1 rings (SSSR count). The molecule has 1 aromatic heterocycles. The van der Waals surface area contributed by atoms with E-state index in [9.17, 15) is 19.2 Å². The Bertz CT molecular complexity index is 503. The molecule has 2 amide bonds. The Morgan fingerprint density at radius 2 is 1.29 bits per heavy atom. The van der Waals surface area contributed by atoms with Gasteiger partial charge in [0.15, 0.2) is 11.5 Å². The van der Waals surface area contributed by atoms with Crippen molar-refractivity contribution in [1.29, 1.82) is 0 Å². The van der Waals surface area contributed by atoms with Gasteiger partial charge in [-0.25, -0.2) is 0 Å². The number of hydrogen-bond donors (Lipinski definition) is 2. The summed E-state index contributed by atoms with van der Waals surface area (Å²) in [6.45, 7) is -0.639. The van der Waals surface area contributed by atoms with Crippen LogP contribution in [0.2, 0.25) is 0 Å². The Hall–Kier alpha value is -2.84. The molecular formula is C12H14N2O7. The quantitative estimate of drug-likeness (QED) is 0.651. The smallest absolute Gasteiger partial charge is 0.325 e. The van der Waals surface area contributed by atoms with E-state index >= 15 is 0 Å². The zero-order chi connectivity index (χ0) is 15.8. The number of carbonyl (C=O) groups excluding carboxylic acids is 4. The van der Waals surface area contributed by atoms with Crippen LogP contribution in [0.25, 0.3) is 0 Å². The Morgan fingerprint density at radius 3 is 1.62 bits per heavy atom. The van der Waals surface area contributed by atoms with E-state index in [1.54, 1.807) is 0 Å². The zero-order valence-electron chi connectivity index (χ0n) is 11.4. The Morgan fingerprint density at radius 1 is 0.905 bits per heavy atom. The van der Waals surface area contributed by atoms with E-state index in [-0.39, 0.29) is 24.6 Å². The number of nitrogens with one attached hydrogen (secondary N) is 2. The molecule has 1 heterocycles. The Balaban J connectivity index is 2.55. The van der Waals surface area contributed by atoms with E-state index in [0.717, 1.165) is 0 Å². The van der Waals surface area contributed by atoms with E-state index in [4.69, 9.17) is 4.42 Å². The van der Waals surface area contributed by atoms with E-state index in [1.165, 1.54) is 26.4 Å². The van der Waals surface area contributed by atoms with Gasteiger partial charge in [0, 0.05) is 0 Å². The molecule has 0 saturated carbocycles. The van der Waals surface area contributed by atoms with Gasteiger partial charge in [0.25, 0.3) is 11.8 Å². The number of amides is 2. The Kier molecular flexibility index (Phi) is 5.93. The third-order valence-electron chi connectivity index (χ3n) is 2.30. The third kappa shape index (κ3) is 4.97. The molecule has 1 aromatic rings. The lowest BCUT2D eigenvalue weighted by atomic mass is 10.4. The maximum atomic E-state index is 11.6. The summed E-state index contributed by atoms with van der Waals surface area (Å²) in [5.41, 5.74) is 0. The standard InChI is InChI=1S/C12H14N2O7/c1-19-9(15)5-13-11(17)7-3-4-8(21-7)12(18)14-6-10(16)20-2/h3-4H,5-6H2,1-2H3,(H,13,17)(H,14,18). The molecule has 0 saturated heterocycles. The van der Waals surface area contributed by atoms with Crippen LogP contribution in [0.1, 0.15) is 21.1 Å². The highest BCUT2D eigenvalue weighted by Crippen LogP contribution is 2.07. The van der Waals surface area contributed by atoms with Crippen molar-refractivity contribution in [2.75, 3.05) is 27.3 Å².